The van der Waals surface area contributed by atoms with Crippen molar-refractivity contribution in [3.8, 4) is 0 Å². The van der Waals surface area contributed by atoms with Gasteiger partial charge in [-0.2, -0.15) is 0 Å². The fourth-order valence-electron chi connectivity index (χ4n) is 2.35. The fraction of sp³-hybridized carbons (Fsp3) is 0.231. The number of anilines is 1. The van der Waals surface area contributed by atoms with Gasteiger partial charge in [0.2, 0.25) is 0 Å². The number of rotatable bonds is 3. The van der Waals surface area contributed by atoms with Crippen LogP contribution in [0.5, 0.6) is 0 Å². The maximum Gasteiger partial charge on any atom is 0.266 e. The van der Waals surface area contributed by atoms with Crippen molar-refractivity contribution in [1.82, 2.24) is 0 Å². The number of aryl methyl sites for hydroxylation is 1. The topological polar surface area (TPSA) is 72.2 Å². The van der Waals surface area contributed by atoms with Crippen molar-refractivity contribution in [1.29, 1.82) is 0 Å². The number of halogens is 1. The first-order valence-electron chi connectivity index (χ1n) is 6.07. The molecule has 2 heterocycles. The molecule has 2 amide bonds. The predicted molar refractivity (Wildman–Crippen MR) is 84.8 cm³/mol. The van der Waals surface area contributed by atoms with Crippen molar-refractivity contribution in [3.05, 3.63) is 36.8 Å². The van der Waals surface area contributed by atoms with Gasteiger partial charge in [0.1, 0.15) is 5.00 Å². The maximum absolute atomic E-state index is 12.2. The number of fused-ring (bicyclic) bond motifs is 1. The van der Waals surface area contributed by atoms with Gasteiger partial charge in [0.15, 0.2) is 0 Å². The lowest BCUT2D eigenvalue weighted by Gasteiger charge is -2.04. The Labute approximate surface area is 132 Å². The molecule has 0 saturated carbocycles. The zero-order chi connectivity index (χ0) is 14.3. The Kier molecular flexibility index (Phi) is 3.66. The number of carbonyl (C=O) groups is 2. The average Bonchev–Trinajstić information content (AvgIpc) is 3.03. The Balaban J connectivity index is 1.91. The van der Waals surface area contributed by atoms with Crippen LogP contribution in [0.4, 0.5) is 5.00 Å². The van der Waals surface area contributed by atoms with E-state index in [1.807, 2.05) is 6.07 Å². The number of thiophene rings is 2. The summed E-state index contributed by atoms with van der Waals surface area (Å²) in [5.41, 5.74) is 6.97. The van der Waals surface area contributed by atoms with Crippen LogP contribution in [0.1, 0.15) is 36.9 Å². The average molecular weight is 371 g/mol. The molecule has 0 bridgehead atoms. The number of nitrogens with two attached hydrogens (primary N) is 1. The summed E-state index contributed by atoms with van der Waals surface area (Å²) in [5.74, 6) is -0.671. The molecule has 4 nitrogen and oxygen atoms in total. The highest BCUT2D eigenvalue weighted by molar-refractivity contribution is 9.11. The summed E-state index contributed by atoms with van der Waals surface area (Å²) in [7, 11) is 0. The van der Waals surface area contributed by atoms with E-state index in [0.29, 0.717) is 15.4 Å². The molecule has 0 saturated heterocycles. The van der Waals surface area contributed by atoms with Crippen LogP contribution in [0.15, 0.2) is 15.9 Å². The van der Waals surface area contributed by atoms with E-state index in [1.165, 1.54) is 27.6 Å². The SMILES string of the molecule is NC(=O)c1c(NC(=O)c2ccc(Br)s2)sc2c1CCC2. The van der Waals surface area contributed by atoms with E-state index in [4.69, 9.17) is 5.73 Å². The minimum Gasteiger partial charge on any atom is -0.365 e. The highest BCUT2D eigenvalue weighted by Crippen LogP contribution is 2.39. The summed E-state index contributed by atoms with van der Waals surface area (Å²) < 4.78 is 0.895. The van der Waals surface area contributed by atoms with Crippen molar-refractivity contribution in [2.75, 3.05) is 5.32 Å². The van der Waals surface area contributed by atoms with Gasteiger partial charge in [0.05, 0.1) is 14.2 Å². The zero-order valence-electron chi connectivity index (χ0n) is 10.4. The molecule has 0 aliphatic heterocycles. The van der Waals surface area contributed by atoms with Gasteiger partial charge in [-0.15, -0.1) is 22.7 Å². The van der Waals surface area contributed by atoms with Gasteiger partial charge < -0.3 is 11.1 Å². The molecular weight excluding hydrogens is 360 g/mol. The molecule has 3 rings (SSSR count). The maximum atomic E-state index is 12.2. The van der Waals surface area contributed by atoms with E-state index in [9.17, 15) is 9.59 Å². The molecular formula is C13H11BrN2O2S2. The highest BCUT2D eigenvalue weighted by atomic mass is 79.9. The molecule has 2 aromatic heterocycles. The number of hydrogen-bond acceptors (Lipinski definition) is 4. The van der Waals surface area contributed by atoms with Crippen molar-refractivity contribution < 1.29 is 9.59 Å². The largest absolute Gasteiger partial charge is 0.365 e. The van der Waals surface area contributed by atoms with Gasteiger partial charge in [-0.3, -0.25) is 9.59 Å². The van der Waals surface area contributed by atoms with Crippen LogP contribution >= 0.6 is 38.6 Å². The van der Waals surface area contributed by atoms with Crippen LogP contribution in [0.25, 0.3) is 0 Å². The van der Waals surface area contributed by atoms with Crippen LogP contribution in [0.2, 0.25) is 0 Å². The van der Waals surface area contributed by atoms with E-state index in [2.05, 4.69) is 21.2 Å². The van der Waals surface area contributed by atoms with Gasteiger partial charge in [-0.25, -0.2) is 0 Å². The molecule has 3 N–H and O–H groups in total. The predicted octanol–water partition coefficient (Wildman–Crippen LogP) is 3.41. The van der Waals surface area contributed by atoms with Crippen LogP contribution in [-0.4, -0.2) is 11.8 Å². The van der Waals surface area contributed by atoms with Gasteiger partial charge in [0.25, 0.3) is 11.8 Å². The third kappa shape index (κ3) is 2.41. The zero-order valence-corrected chi connectivity index (χ0v) is 13.6. The third-order valence-corrected chi connectivity index (χ3v) is 6.02. The molecule has 20 heavy (non-hydrogen) atoms. The summed E-state index contributed by atoms with van der Waals surface area (Å²) in [6.45, 7) is 0. The van der Waals surface area contributed by atoms with Crippen LogP contribution in [0, 0.1) is 0 Å². The second kappa shape index (κ2) is 5.31. The Morgan fingerprint density at radius 3 is 2.70 bits per heavy atom. The third-order valence-electron chi connectivity index (χ3n) is 3.19. The molecule has 0 spiro atoms. The summed E-state index contributed by atoms with van der Waals surface area (Å²) in [6.07, 6.45) is 2.87. The monoisotopic (exact) mass is 370 g/mol. The Hall–Kier alpha value is -1.18. The first kappa shape index (κ1) is 13.8. The first-order valence-corrected chi connectivity index (χ1v) is 8.50. The molecule has 1 aliphatic carbocycles. The lowest BCUT2D eigenvalue weighted by molar-refractivity contribution is 0.100. The highest BCUT2D eigenvalue weighted by Gasteiger charge is 2.26. The Morgan fingerprint density at radius 2 is 2.05 bits per heavy atom. The quantitative estimate of drug-likeness (QED) is 0.868. The molecule has 1 aliphatic rings. The molecule has 0 aromatic carbocycles. The van der Waals surface area contributed by atoms with Crippen molar-refractivity contribution in [3.63, 3.8) is 0 Å². The lowest BCUT2D eigenvalue weighted by Crippen LogP contribution is -2.17. The molecule has 0 atom stereocenters. The molecule has 0 unspecified atom stereocenters. The molecule has 104 valence electrons. The minimum atomic E-state index is -0.466. The van der Waals surface area contributed by atoms with E-state index in [-0.39, 0.29) is 5.91 Å². The fourth-order valence-corrected chi connectivity index (χ4v) is 4.93. The molecule has 0 radical (unpaired) electrons. The number of amides is 2. The van der Waals surface area contributed by atoms with Crippen molar-refractivity contribution in [2.45, 2.75) is 19.3 Å². The minimum absolute atomic E-state index is 0.205. The molecule has 0 fully saturated rings. The summed E-state index contributed by atoms with van der Waals surface area (Å²) >= 11 is 6.15. The molecule has 2 aromatic rings. The number of nitrogens with one attached hydrogen (secondary N) is 1. The summed E-state index contributed by atoms with van der Waals surface area (Å²) in [6, 6.07) is 3.57. The summed E-state index contributed by atoms with van der Waals surface area (Å²) in [5, 5.41) is 3.40. The first-order chi connectivity index (χ1) is 9.56. The van der Waals surface area contributed by atoms with Gasteiger partial charge in [0, 0.05) is 4.88 Å². The van der Waals surface area contributed by atoms with E-state index < -0.39 is 5.91 Å². The van der Waals surface area contributed by atoms with E-state index >= 15 is 0 Å². The van der Waals surface area contributed by atoms with Crippen LogP contribution in [0.3, 0.4) is 0 Å². The smallest absolute Gasteiger partial charge is 0.266 e. The van der Waals surface area contributed by atoms with Crippen LogP contribution in [-0.2, 0) is 12.8 Å². The second-order valence-corrected chi connectivity index (χ2v) is 8.05. The number of hydrogen-bond donors (Lipinski definition) is 2. The lowest BCUT2D eigenvalue weighted by atomic mass is 10.1. The van der Waals surface area contributed by atoms with Crippen molar-refractivity contribution >= 4 is 55.4 Å². The van der Waals surface area contributed by atoms with Gasteiger partial charge in [-0.05, 0) is 52.9 Å². The second-order valence-electron chi connectivity index (χ2n) is 4.48. The normalized spacial score (nSPS) is 13.2. The summed E-state index contributed by atoms with van der Waals surface area (Å²) in [4.78, 5) is 25.6. The molecule has 7 heteroatoms. The number of carbonyl (C=O) groups excluding carboxylic acids is 2. The van der Waals surface area contributed by atoms with Crippen molar-refractivity contribution in [2.24, 2.45) is 5.73 Å². The number of primary amides is 1. The van der Waals surface area contributed by atoms with E-state index in [0.717, 1.165) is 28.6 Å². The standard InChI is InChI=1S/C13H11BrN2O2S2/c14-9-5-4-8(19-9)12(18)16-13-10(11(15)17)6-2-1-3-7(6)20-13/h4-5H,1-3H2,(H2,15,17)(H,16,18). The van der Waals surface area contributed by atoms with Crippen LogP contribution < -0.4 is 11.1 Å². The Bertz CT molecular complexity index is 705. The van der Waals surface area contributed by atoms with Gasteiger partial charge in [-0.1, -0.05) is 0 Å². The van der Waals surface area contributed by atoms with E-state index in [1.54, 1.807) is 6.07 Å². The van der Waals surface area contributed by atoms with Gasteiger partial charge >= 0.3 is 0 Å². The Morgan fingerprint density at radius 1 is 1.25 bits per heavy atom.